The van der Waals surface area contributed by atoms with Crippen molar-refractivity contribution < 1.29 is 9.53 Å². The van der Waals surface area contributed by atoms with E-state index in [0.29, 0.717) is 22.4 Å². The Morgan fingerprint density at radius 2 is 2.00 bits per heavy atom. The fraction of sp³-hybridized carbons (Fsp3) is 0.462. The smallest absolute Gasteiger partial charge is 0.252 e. The second-order valence-electron chi connectivity index (χ2n) is 4.57. The number of methoxy groups -OCH3 is 1. The molecule has 0 spiro atoms. The quantitative estimate of drug-likeness (QED) is 0.774. The molecule has 8 heteroatoms. The molecule has 0 atom stereocenters. The summed E-state index contributed by atoms with van der Waals surface area (Å²) in [5.74, 6) is -0.111. The zero-order valence-corrected chi connectivity index (χ0v) is 14.0. The summed E-state index contributed by atoms with van der Waals surface area (Å²) in [7, 11) is 1.50. The summed E-state index contributed by atoms with van der Waals surface area (Å²) in [6.45, 7) is 1.98. The van der Waals surface area contributed by atoms with Crippen molar-refractivity contribution in [3.63, 3.8) is 0 Å². The average molecular weight is 357 g/mol. The molecule has 21 heavy (non-hydrogen) atoms. The number of rotatable bonds is 4. The van der Waals surface area contributed by atoms with E-state index in [2.05, 4.69) is 10.6 Å². The van der Waals surface area contributed by atoms with Crippen molar-refractivity contribution in [3.8, 4) is 5.75 Å². The first-order valence-electron chi connectivity index (χ1n) is 6.26. The van der Waals surface area contributed by atoms with E-state index in [0.717, 1.165) is 31.6 Å². The number of benzene rings is 1. The average Bonchev–Trinajstić information content (AvgIpc) is 2.41. The molecule has 1 aromatic rings. The molecular formula is C13H20Cl3N3O2. The van der Waals surface area contributed by atoms with Gasteiger partial charge in [-0.25, -0.2) is 0 Å². The molecule has 1 aromatic carbocycles. The van der Waals surface area contributed by atoms with Crippen molar-refractivity contribution in [1.82, 2.24) is 5.32 Å². The van der Waals surface area contributed by atoms with Gasteiger partial charge in [0.15, 0.2) is 0 Å². The van der Waals surface area contributed by atoms with Gasteiger partial charge in [0.05, 0.1) is 23.4 Å². The van der Waals surface area contributed by atoms with Gasteiger partial charge >= 0.3 is 0 Å². The zero-order chi connectivity index (χ0) is 13.8. The maximum absolute atomic E-state index is 11.3. The van der Waals surface area contributed by atoms with Gasteiger partial charge in [-0.15, -0.1) is 24.8 Å². The number of halogens is 3. The van der Waals surface area contributed by atoms with Crippen LogP contribution >= 0.6 is 36.4 Å². The maximum Gasteiger partial charge on any atom is 0.252 e. The van der Waals surface area contributed by atoms with Gasteiger partial charge in [-0.1, -0.05) is 11.6 Å². The monoisotopic (exact) mass is 355 g/mol. The summed E-state index contributed by atoms with van der Waals surface area (Å²) in [4.78, 5) is 11.3. The number of ether oxygens (including phenoxy) is 1. The second kappa shape index (κ2) is 9.20. The molecule has 120 valence electrons. The number of hydrogen-bond acceptors (Lipinski definition) is 4. The number of piperidine rings is 1. The summed E-state index contributed by atoms with van der Waals surface area (Å²) < 4.78 is 5.18. The molecule has 5 nitrogen and oxygen atoms in total. The van der Waals surface area contributed by atoms with Crippen LogP contribution in [-0.2, 0) is 0 Å². The highest BCUT2D eigenvalue weighted by atomic mass is 35.5. The predicted molar refractivity (Wildman–Crippen MR) is 90.5 cm³/mol. The lowest BCUT2D eigenvalue weighted by Gasteiger charge is -2.25. The van der Waals surface area contributed by atoms with Gasteiger partial charge in [0, 0.05) is 12.1 Å². The van der Waals surface area contributed by atoms with Gasteiger partial charge < -0.3 is 21.1 Å². The molecule has 1 amide bonds. The molecule has 0 radical (unpaired) electrons. The summed E-state index contributed by atoms with van der Waals surface area (Å²) in [6, 6.07) is 3.65. The molecule has 0 unspecified atom stereocenters. The number of carbonyl (C=O) groups is 1. The molecular weight excluding hydrogens is 337 g/mol. The number of carbonyl (C=O) groups excluding carboxylic acids is 1. The Balaban J connectivity index is 0.00000200. The topological polar surface area (TPSA) is 76.4 Å². The standard InChI is InChI=1S/C13H18ClN3O2.2ClH/c1-19-12-7-11(10(14)6-9(12)13(15)18)17-8-2-4-16-5-3-8;;/h6-8,16-17H,2-5H2,1H3,(H2,15,18);2*1H. The van der Waals surface area contributed by atoms with Crippen LogP contribution in [0, 0.1) is 0 Å². The summed E-state index contributed by atoms with van der Waals surface area (Å²) >= 11 is 6.18. The van der Waals surface area contributed by atoms with Gasteiger partial charge in [0.1, 0.15) is 5.75 Å². The number of primary amides is 1. The normalized spacial score (nSPS) is 14.6. The van der Waals surface area contributed by atoms with Crippen LogP contribution in [0.5, 0.6) is 5.75 Å². The van der Waals surface area contributed by atoms with Gasteiger partial charge in [-0.2, -0.15) is 0 Å². The molecule has 1 aliphatic rings. The third-order valence-electron chi connectivity index (χ3n) is 3.25. The molecule has 0 saturated carbocycles. The van der Waals surface area contributed by atoms with Crippen molar-refractivity contribution in [3.05, 3.63) is 22.7 Å². The second-order valence-corrected chi connectivity index (χ2v) is 4.97. The Labute approximate surface area is 141 Å². The van der Waals surface area contributed by atoms with E-state index in [1.807, 2.05) is 0 Å². The highest BCUT2D eigenvalue weighted by Gasteiger charge is 2.17. The fourth-order valence-corrected chi connectivity index (χ4v) is 2.43. The zero-order valence-electron chi connectivity index (χ0n) is 11.6. The Bertz CT molecular complexity index is 480. The number of nitrogens with one attached hydrogen (secondary N) is 2. The van der Waals surface area contributed by atoms with Crippen LogP contribution in [0.2, 0.25) is 5.02 Å². The van der Waals surface area contributed by atoms with Gasteiger partial charge in [-0.3, -0.25) is 4.79 Å². The van der Waals surface area contributed by atoms with Crippen LogP contribution in [0.3, 0.4) is 0 Å². The van der Waals surface area contributed by atoms with E-state index >= 15 is 0 Å². The van der Waals surface area contributed by atoms with Crippen LogP contribution in [0.15, 0.2) is 12.1 Å². The van der Waals surface area contributed by atoms with E-state index < -0.39 is 5.91 Å². The lowest BCUT2D eigenvalue weighted by atomic mass is 10.1. The van der Waals surface area contributed by atoms with Crippen LogP contribution in [0.1, 0.15) is 23.2 Å². The van der Waals surface area contributed by atoms with Gasteiger partial charge in [0.2, 0.25) is 0 Å². The highest BCUT2D eigenvalue weighted by Crippen LogP contribution is 2.31. The third kappa shape index (κ3) is 5.11. The molecule has 1 saturated heterocycles. The molecule has 2 rings (SSSR count). The molecule has 4 N–H and O–H groups in total. The Morgan fingerprint density at radius 1 is 1.38 bits per heavy atom. The highest BCUT2D eigenvalue weighted by molar-refractivity contribution is 6.33. The number of anilines is 1. The Morgan fingerprint density at radius 3 is 2.52 bits per heavy atom. The Hall–Kier alpha value is -0.880. The van der Waals surface area contributed by atoms with Crippen LogP contribution in [0.25, 0.3) is 0 Å². The molecule has 0 aromatic heterocycles. The van der Waals surface area contributed by atoms with Crippen LogP contribution < -0.4 is 21.1 Å². The first-order valence-corrected chi connectivity index (χ1v) is 6.64. The number of amides is 1. The molecule has 1 aliphatic heterocycles. The summed E-state index contributed by atoms with van der Waals surface area (Å²) in [6.07, 6.45) is 2.08. The predicted octanol–water partition coefficient (Wildman–Crippen LogP) is 2.46. The maximum atomic E-state index is 11.3. The third-order valence-corrected chi connectivity index (χ3v) is 3.57. The minimum absolute atomic E-state index is 0. The first-order chi connectivity index (χ1) is 9.11. The van der Waals surface area contributed by atoms with Crippen molar-refractivity contribution in [2.45, 2.75) is 18.9 Å². The van der Waals surface area contributed by atoms with E-state index in [-0.39, 0.29) is 24.8 Å². The first kappa shape index (κ1) is 20.1. The Kier molecular flexibility index (Phi) is 8.82. The van der Waals surface area contributed by atoms with E-state index in [9.17, 15) is 4.79 Å². The summed E-state index contributed by atoms with van der Waals surface area (Å²) in [5.41, 5.74) is 6.36. The molecule has 0 aliphatic carbocycles. The minimum atomic E-state index is -0.549. The van der Waals surface area contributed by atoms with Crippen molar-refractivity contribution >= 4 is 48.0 Å². The minimum Gasteiger partial charge on any atom is -0.496 e. The van der Waals surface area contributed by atoms with E-state index in [4.69, 9.17) is 22.1 Å². The van der Waals surface area contributed by atoms with Crippen molar-refractivity contribution in [2.24, 2.45) is 5.73 Å². The van der Waals surface area contributed by atoms with Crippen molar-refractivity contribution in [1.29, 1.82) is 0 Å². The van der Waals surface area contributed by atoms with Crippen LogP contribution in [0.4, 0.5) is 5.69 Å². The number of nitrogens with two attached hydrogens (primary N) is 1. The van der Waals surface area contributed by atoms with Crippen LogP contribution in [-0.4, -0.2) is 32.1 Å². The largest absolute Gasteiger partial charge is 0.496 e. The van der Waals surface area contributed by atoms with Gasteiger partial charge in [-0.05, 0) is 32.0 Å². The van der Waals surface area contributed by atoms with E-state index in [1.54, 1.807) is 12.1 Å². The van der Waals surface area contributed by atoms with Crippen molar-refractivity contribution in [2.75, 3.05) is 25.5 Å². The fourth-order valence-electron chi connectivity index (χ4n) is 2.21. The SMILES string of the molecule is COc1cc(NC2CCNCC2)c(Cl)cc1C(N)=O.Cl.Cl. The lowest BCUT2D eigenvalue weighted by Crippen LogP contribution is -2.35. The van der Waals surface area contributed by atoms with Gasteiger partial charge in [0.25, 0.3) is 5.91 Å². The molecule has 1 fully saturated rings. The lowest BCUT2D eigenvalue weighted by molar-refractivity contribution is 0.0997. The number of hydrogen-bond donors (Lipinski definition) is 3. The summed E-state index contributed by atoms with van der Waals surface area (Å²) in [5, 5.41) is 7.17. The van der Waals surface area contributed by atoms with E-state index in [1.165, 1.54) is 7.11 Å². The molecule has 1 heterocycles. The molecule has 0 bridgehead atoms.